The predicted molar refractivity (Wildman–Crippen MR) is 102 cm³/mol. The van der Waals surface area contributed by atoms with E-state index in [2.05, 4.69) is 4.99 Å². The maximum atomic E-state index is 12.5. The van der Waals surface area contributed by atoms with Crippen LogP contribution in [-0.2, 0) is 0 Å². The average molecular weight is 330 g/mol. The molecule has 0 N–H and O–H groups in total. The molecule has 4 heteroatoms. The van der Waals surface area contributed by atoms with Gasteiger partial charge in [0, 0.05) is 29.1 Å². The number of hydrogen-bond donors (Lipinski definition) is 0. The Morgan fingerprint density at radius 1 is 1.08 bits per heavy atom. The van der Waals surface area contributed by atoms with Crippen LogP contribution in [0, 0.1) is 0 Å². The van der Waals surface area contributed by atoms with E-state index in [0.29, 0.717) is 6.54 Å². The Morgan fingerprint density at radius 2 is 1.88 bits per heavy atom. The number of hydrogen-bond acceptors (Lipinski definition) is 3. The second kappa shape index (κ2) is 6.06. The third kappa shape index (κ3) is 2.47. The molecular formula is C21H18N2O2. The van der Waals surface area contributed by atoms with Crippen LogP contribution in [0.15, 0.2) is 59.6 Å². The van der Waals surface area contributed by atoms with E-state index in [0.717, 1.165) is 39.0 Å². The summed E-state index contributed by atoms with van der Waals surface area (Å²) in [5.74, 6) is 0.889. The molecule has 1 aliphatic heterocycles. The summed E-state index contributed by atoms with van der Waals surface area (Å²) < 4.78 is 5.17. The number of anilines is 1. The van der Waals surface area contributed by atoms with Crippen LogP contribution in [-0.4, -0.2) is 25.8 Å². The van der Waals surface area contributed by atoms with Crippen LogP contribution in [0.3, 0.4) is 0 Å². The molecule has 1 heterocycles. The van der Waals surface area contributed by atoms with Crippen LogP contribution in [0.25, 0.3) is 10.8 Å². The van der Waals surface area contributed by atoms with Crippen molar-refractivity contribution in [3.63, 3.8) is 0 Å². The van der Waals surface area contributed by atoms with Gasteiger partial charge in [-0.3, -0.25) is 9.79 Å². The van der Waals surface area contributed by atoms with E-state index in [1.165, 1.54) is 0 Å². The first kappa shape index (κ1) is 15.4. The van der Waals surface area contributed by atoms with Crippen LogP contribution >= 0.6 is 0 Å². The van der Waals surface area contributed by atoms with Gasteiger partial charge in [-0.2, -0.15) is 0 Å². The van der Waals surface area contributed by atoms with E-state index in [1.807, 2.05) is 72.6 Å². The first-order chi connectivity index (χ1) is 12.2. The summed E-state index contributed by atoms with van der Waals surface area (Å²) in [7, 11) is 1.65. The summed E-state index contributed by atoms with van der Waals surface area (Å²) in [6.07, 6.45) is 1.83. The molecule has 0 aliphatic carbocycles. The van der Waals surface area contributed by atoms with Crippen molar-refractivity contribution in [2.24, 2.45) is 4.99 Å². The van der Waals surface area contributed by atoms with Gasteiger partial charge in [0.1, 0.15) is 5.75 Å². The molecule has 4 rings (SSSR count). The zero-order chi connectivity index (χ0) is 17.4. The smallest absolute Gasteiger partial charge is 0.258 e. The fraction of sp³-hybridized carbons (Fsp3) is 0.143. The first-order valence-electron chi connectivity index (χ1n) is 8.28. The van der Waals surface area contributed by atoms with Gasteiger partial charge in [0.2, 0.25) is 0 Å². The van der Waals surface area contributed by atoms with Gasteiger partial charge in [0.25, 0.3) is 5.91 Å². The van der Waals surface area contributed by atoms with Gasteiger partial charge >= 0.3 is 0 Å². The van der Waals surface area contributed by atoms with Crippen LogP contribution in [0.4, 0.5) is 11.4 Å². The largest absolute Gasteiger partial charge is 0.497 e. The van der Waals surface area contributed by atoms with Crippen LogP contribution < -0.4 is 9.64 Å². The Bertz CT molecular complexity index is 991. The van der Waals surface area contributed by atoms with E-state index < -0.39 is 0 Å². The summed E-state index contributed by atoms with van der Waals surface area (Å²) in [5, 5.41) is 2.00. The van der Waals surface area contributed by atoms with Crippen molar-refractivity contribution >= 4 is 34.3 Å². The summed E-state index contributed by atoms with van der Waals surface area (Å²) in [4.78, 5) is 19.0. The van der Waals surface area contributed by atoms with Crippen molar-refractivity contribution in [2.75, 3.05) is 18.6 Å². The van der Waals surface area contributed by atoms with Gasteiger partial charge in [0.15, 0.2) is 0 Å². The second-order valence-electron chi connectivity index (χ2n) is 5.91. The summed E-state index contributed by atoms with van der Waals surface area (Å²) in [6, 6.07) is 17.5. The van der Waals surface area contributed by atoms with Gasteiger partial charge in [0.05, 0.1) is 18.5 Å². The maximum Gasteiger partial charge on any atom is 0.258 e. The van der Waals surface area contributed by atoms with Gasteiger partial charge in [-0.1, -0.05) is 12.1 Å². The van der Waals surface area contributed by atoms with E-state index in [1.54, 1.807) is 7.11 Å². The quantitative estimate of drug-likeness (QED) is 0.657. The molecule has 0 saturated heterocycles. The lowest BCUT2D eigenvalue weighted by Gasteiger charge is -2.14. The van der Waals surface area contributed by atoms with Crippen molar-refractivity contribution in [2.45, 2.75) is 6.92 Å². The molecule has 3 aromatic rings. The monoisotopic (exact) mass is 330 g/mol. The van der Waals surface area contributed by atoms with Crippen LogP contribution in [0.2, 0.25) is 0 Å². The Hall–Kier alpha value is -3.14. The number of amides is 1. The molecule has 0 atom stereocenters. The highest BCUT2D eigenvalue weighted by Crippen LogP contribution is 2.41. The molecule has 0 spiro atoms. The van der Waals surface area contributed by atoms with E-state index in [-0.39, 0.29) is 5.91 Å². The minimum absolute atomic E-state index is 0.0689. The fourth-order valence-electron chi connectivity index (χ4n) is 3.29. The normalized spacial score (nSPS) is 13.2. The molecule has 0 aromatic heterocycles. The van der Waals surface area contributed by atoms with Gasteiger partial charge in [-0.25, -0.2) is 0 Å². The zero-order valence-corrected chi connectivity index (χ0v) is 14.2. The Morgan fingerprint density at radius 3 is 2.60 bits per heavy atom. The lowest BCUT2D eigenvalue weighted by Crippen LogP contribution is -2.25. The minimum Gasteiger partial charge on any atom is -0.497 e. The number of ether oxygens (including phenoxy) is 1. The Kier molecular flexibility index (Phi) is 3.73. The summed E-state index contributed by atoms with van der Waals surface area (Å²) in [6.45, 7) is 2.66. The number of carbonyl (C=O) groups is 1. The summed E-state index contributed by atoms with van der Waals surface area (Å²) in [5.41, 5.74) is 3.59. The van der Waals surface area contributed by atoms with Crippen molar-refractivity contribution in [1.82, 2.24) is 0 Å². The molecule has 25 heavy (non-hydrogen) atoms. The minimum atomic E-state index is 0.0689. The maximum absolute atomic E-state index is 12.5. The lowest BCUT2D eigenvalue weighted by atomic mass is 10.0. The molecule has 0 fully saturated rings. The zero-order valence-electron chi connectivity index (χ0n) is 14.2. The van der Waals surface area contributed by atoms with Crippen molar-refractivity contribution in [3.8, 4) is 5.75 Å². The molecule has 1 amide bonds. The fourth-order valence-corrected chi connectivity index (χ4v) is 3.29. The third-order valence-corrected chi connectivity index (χ3v) is 4.55. The van der Waals surface area contributed by atoms with Crippen molar-refractivity contribution < 1.29 is 9.53 Å². The Labute approximate surface area is 146 Å². The molecule has 124 valence electrons. The lowest BCUT2D eigenvalue weighted by molar-refractivity contribution is 0.0994. The second-order valence-corrected chi connectivity index (χ2v) is 5.91. The van der Waals surface area contributed by atoms with Gasteiger partial charge < -0.3 is 9.64 Å². The van der Waals surface area contributed by atoms with Crippen molar-refractivity contribution in [3.05, 3.63) is 65.7 Å². The van der Waals surface area contributed by atoms with E-state index >= 15 is 0 Å². The predicted octanol–water partition coefficient (Wildman–Crippen LogP) is 4.58. The highest BCUT2D eigenvalue weighted by Gasteiger charge is 2.28. The van der Waals surface area contributed by atoms with Gasteiger partial charge in [-0.05, 0) is 55.0 Å². The number of nitrogens with zero attached hydrogens (tertiary/aromatic N) is 2. The number of benzene rings is 3. The molecule has 0 saturated carbocycles. The topological polar surface area (TPSA) is 41.9 Å². The third-order valence-electron chi connectivity index (χ3n) is 4.55. The standard InChI is InChI=1S/C21H18N2O2/c1-3-23-19-12-11-18(16-5-4-6-17(20(16)19)21(23)24)22-13-14-7-9-15(25-2)10-8-14/h4-13H,3H2,1-2H3. The molecule has 3 aromatic carbocycles. The van der Waals surface area contributed by atoms with Crippen LogP contribution in [0.1, 0.15) is 22.8 Å². The SMILES string of the molecule is CCN1C(=O)c2cccc3c(N=Cc4ccc(OC)cc4)ccc1c23. The Balaban J connectivity index is 1.78. The first-order valence-corrected chi connectivity index (χ1v) is 8.28. The molecular weight excluding hydrogens is 312 g/mol. The molecule has 0 unspecified atom stereocenters. The number of carbonyl (C=O) groups excluding carboxylic acids is 1. The van der Waals surface area contributed by atoms with Crippen LogP contribution in [0.5, 0.6) is 5.75 Å². The van der Waals surface area contributed by atoms with Crippen molar-refractivity contribution in [1.29, 1.82) is 0 Å². The molecule has 0 bridgehead atoms. The molecule has 0 radical (unpaired) electrons. The molecule has 4 nitrogen and oxygen atoms in total. The molecule has 1 aliphatic rings. The number of aliphatic imine (C=N–C) groups is 1. The van der Waals surface area contributed by atoms with E-state index in [9.17, 15) is 4.79 Å². The number of rotatable bonds is 4. The van der Waals surface area contributed by atoms with E-state index in [4.69, 9.17) is 4.74 Å². The van der Waals surface area contributed by atoms with Gasteiger partial charge in [-0.15, -0.1) is 0 Å². The number of methoxy groups -OCH3 is 1. The highest BCUT2D eigenvalue weighted by atomic mass is 16.5. The summed E-state index contributed by atoms with van der Waals surface area (Å²) >= 11 is 0. The average Bonchev–Trinajstić information content (AvgIpc) is 2.94. The highest BCUT2D eigenvalue weighted by molar-refractivity contribution is 6.26.